The first-order chi connectivity index (χ1) is 15.1. The lowest BCUT2D eigenvalue weighted by molar-refractivity contribution is -0.139. The first kappa shape index (κ1) is 22.7. The van der Waals surface area contributed by atoms with Gasteiger partial charge in [0.2, 0.25) is 0 Å². The Hall–Kier alpha value is -2.50. The Morgan fingerprint density at radius 3 is 2.69 bits per heavy atom. The highest BCUT2D eigenvalue weighted by Gasteiger charge is 2.38. The summed E-state index contributed by atoms with van der Waals surface area (Å²) < 4.78 is 67.5. The van der Waals surface area contributed by atoms with Crippen molar-refractivity contribution < 1.29 is 26.7 Å². The number of thioether (sulfide) groups is 1. The van der Waals surface area contributed by atoms with Crippen LogP contribution in [0.25, 0.3) is 10.9 Å². The van der Waals surface area contributed by atoms with Crippen LogP contribution in [0.3, 0.4) is 0 Å². The molecular formula is C21H20F3N3O3S2. The Kier molecular flexibility index (Phi) is 5.99. The van der Waals surface area contributed by atoms with Gasteiger partial charge in [-0.05, 0) is 30.7 Å². The molecule has 1 aliphatic heterocycles. The first-order valence-corrected chi connectivity index (χ1v) is 12.0. The topological polar surface area (TPSA) is 85.8 Å². The molecule has 11 heteroatoms. The van der Waals surface area contributed by atoms with E-state index in [4.69, 9.17) is 5.11 Å². The van der Waals surface area contributed by atoms with Crippen LogP contribution in [0.15, 0.2) is 58.4 Å². The summed E-state index contributed by atoms with van der Waals surface area (Å²) >= 11 is 1.53. The van der Waals surface area contributed by atoms with Crippen molar-refractivity contribution in [1.29, 1.82) is 0 Å². The maximum absolute atomic E-state index is 13.4. The summed E-state index contributed by atoms with van der Waals surface area (Å²) in [4.78, 5) is 6.86. The van der Waals surface area contributed by atoms with Gasteiger partial charge in [0.1, 0.15) is 5.04 Å². The molecular weight excluding hydrogens is 463 g/mol. The number of aromatic amines is 1. The standard InChI is InChI=1S/C21H20F3N3O3S2/c1-27(32(29,30)18-8-3-2-6-15(18)21(22,23)24)17-7-4-5-13-11-16(26-19(13)17)20-25-12-14(31-20)9-10-28/h2-8,11,14,26,28H,9-10,12H2,1H3. The van der Waals surface area contributed by atoms with Crippen molar-refractivity contribution in [1.82, 2.24) is 4.98 Å². The fraction of sp³-hybridized carbons (Fsp3) is 0.286. The number of para-hydroxylation sites is 1. The van der Waals surface area contributed by atoms with Crippen molar-refractivity contribution in [3.8, 4) is 0 Å². The molecule has 2 aromatic carbocycles. The van der Waals surface area contributed by atoms with Crippen LogP contribution in [0.1, 0.15) is 17.7 Å². The van der Waals surface area contributed by atoms with Gasteiger partial charge in [-0.25, -0.2) is 8.42 Å². The quantitative estimate of drug-likeness (QED) is 0.549. The summed E-state index contributed by atoms with van der Waals surface area (Å²) in [5.41, 5.74) is 0.186. The molecule has 1 aliphatic rings. The van der Waals surface area contributed by atoms with Crippen molar-refractivity contribution in [3.63, 3.8) is 0 Å². The maximum atomic E-state index is 13.4. The Morgan fingerprint density at radius 1 is 1.22 bits per heavy atom. The van der Waals surface area contributed by atoms with E-state index < -0.39 is 26.7 Å². The van der Waals surface area contributed by atoms with Gasteiger partial charge < -0.3 is 10.1 Å². The number of hydrogen-bond acceptors (Lipinski definition) is 5. The zero-order valence-electron chi connectivity index (χ0n) is 16.9. The third-order valence-corrected chi connectivity index (χ3v) is 8.32. The molecule has 6 nitrogen and oxygen atoms in total. The highest BCUT2D eigenvalue weighted by atomic mass is 32.2. The van der Waals surface area contributed by atoms with Gasteiger partial charge in [0, 0.05) is 24.3 Å². The number of anilines is 1. The minimum absolute atomic E-state index is 0.0688. The van der Waals surface area contributed by atoms with E-state index in [1.54, 1.807) is 12.1 Å². The van der Waals surface area contributed by atoms with Crippen LogP contribution in [0, 0.1) is 0 Å². The second kappa shape index (κ2) is 8.45. The lowest BCUT2D eigenvalue weighted by Gasteiger charge is -2.22. The van der Waals surface area contributed by atoms with Crippen LogP contribution in [0.2, 0.25) is 0 Å². The van der Waals surface area contributed by atoms with Gasteiger partial charge in [0.25, 0.3) is 10.0 Å². The van der Waals surface area contributed by atoms with Crippen LogP contribution >= 0.6 is 11.8 Å². The second-order valence-corrected chi connectivity index (χ2v) is 10.5. The fourth-order valence-corrected chi connectivity index (χ4v) is 6.07. The number of alkyl halides is 3. The Labute approximate surface area is 187 Å². The van der Waals surface area contributed by atoms with Gasteiger partial charge in [-0.3, -0.25) is 9.30 Å². The number of aromatic nitrogens is 1. The normalized spacial score (nSPS) is 17.0. The number of sulfonamides is 1. The number of benzene rings is 2. The summed E-state index contributed by atoms with van der Waals surface area (Å²) in [6.07, 6.45) is -4.19. The number of hydrogen-bond donors (Lipinski definition) is 2. The molecule has 1 aromatic heterocycles. The van der Waals surface area contributed by atoms with Gasteiger partial charge in [0.05, 0.1) is 33.9 Å². The van der Waals surface area contributed by atoms with Crippen LogP contribution in [0.5, 0.6) is 0 Å². The number of halogens is 3. The molecule has 1 unspecified atom stereocenters. The van der Waals surface area contributed by atoms with Crippen LogP contribution in [-0.2, 0) is 16.2 Å². The molecule has 32 heavy (non-hydrogen) atoms. The highest BCUT2D eigenvalue weighted by molar-refractivity contribution is 8.15. The number of fused-ring (bicyclic) bond motifs is 1. The third kappa shape index (κ3) is 4.12. The molecule has 0 amide bonds. The van der Waals surface area contributed by atoms with E-state index in [-0.39, 0.29) is 17.5 Å². The SMILES string of the molecule is CN(c1cccc2cc(C3=NCC(CCO)S3)[nH]c12)S(=O)(=O)c1ccccc1C(F)(F)F. The largest absolute Gasteiger partial charge is 0.417 e. The van der Waals surface area contributed by atoms with Gasteiger partial charge in [-0.1, -0.05) is 36.0 Å². The van der Waals surface area contributed by atoms with Crippen LogP contribution < -0.4 is 4.31 Å². The van der Waals surface area contributed by atoms with Crippen LogP contribution in [-0.4, -0.2) is 49.0 Å². The fourth-order valence-electron chi connectivity index (χ4n) is 3.58. The predicted molar refractivity (Wildman–Crippen MR) is 120 cm³/mol. The molecule has 2 heterocycles. The van der Waals surface area contributed by atoms with Gasteiger partial charge in [0.15, 0.2) is 0 Å². The molecule has 2 N–H and O–H groups in total. The average molecular weight is 484 g/mol. The number of aliphatic imine (C=N–C) groups is 1. The van der Waals surface area contributed by atoms with E-state index in [0.29, 0.717) is 29.6 Å². The summed E-state index contributed by atoms with van der Waals surface area (Å²) in [7, 11) is -3.26. The number of H-pyrrole nitrogens is 1. The Morgan fingerprint density at radius 2 is 1.97 bits per heavy atom. The smallest absolute Gasteiger partial charge is 0.396 e. The number of aliphatic hydroxyl groups is 1. The number of nitrogens with one attached hydrogen (secondary N) is 1. The van der Waals surface area contributed by atoms with Gasteiger partial charge >= 0.3 is 6.18 Å². The van der Waals surface area contributed by atoms with Crippen LogP contribution in [0.4, 0.5) is 18.9 Å². The Bertz CT molecular complexity index is 1290. The highest BCUT2D eigenvalue weighted by Crippen LogP contribution is 2.37. The minimum Gasteiger partial charge on any atom is -0.396 e. The molecule has 0 radical (unpaired) electrons. The van der Waals surface area contributed by atoms with Crippen molar-refractivity contribution >= 4 is 43.4 Å². The van der Waals surface area contributed by atoms with E-state index in [9.17, 15) is 21.6 Å². The summed E-state index contributed by atoms with van der Waals surface area (Å²) in [5, 5.41) is 10.8. The van der Waals surface area contributed by atoms with Gasteiger partial charge in [-0.2, -0.15) is 13.2 Å². The molecule has 0 saturated carbocycles. The minimum atomic E-state index is -4.81. The zero-order chi connectivity index (χ0) is 23.1. The first-order valence-electron chi connectivity index (χ1n) is 9.72. The van der Waals surface area contributed by atoms with E-state index >= 15 is 0 Å². The lowest BCUT2D eigenvalue weighted by atomic mass is 10.2. The summed E-state index contributed by atoms with van der Waals surface area (Å²) in [5.74, 6) is 0. The molecule has 1 atom stereocenters. The maximum Gasteiger partial charge on any atom is 0.417 e. The zero-order valence-corrected chi connectivity index (χ0v) is 18.6. The van der Waals surface area contributed by atoms with E-state index in [2.05, 4.69) is 9.98 Å². The monoisotopic (exact) mass is 483 g/mol. The van der Waals surface area contributed by atoms with E-state index in [0.717, 1.165) is 27.5 Å². The van der Waals surface area contributed by atoms with Crippen molar-refractivity contribution in [2.45, 2.75) is 22.7 Å². The summed E-state index contributed by atoms with van der Waals surface area (Å²) in [6, 6.07) is 10.9. The number of rotatable bonds is 6. The lowest BCUT2D eigenvalue weighted by Crippen LogP contribution is -2.29. The van der Waals surface area contributed by atoms with Gasteiger partial charge in [-0.15, -0.1) is 0 Å². The molecule has 4 rings (SSSR count). The molecule has 0 fully saturated rings. The molecule has 3 aromatic rings. The van der Waals surface area contributed by atoms with E-state index in [1.807, 2.05) is 6.07 Å². The Balaban J connectivity index is 1.74. The average Bonchev–Trinajstić information content (AvgIpc) is 3.39. The van der Waals surface area contributed by atoms with Crippen molar-refractivity contribution in [2.75, 3.05) is 24.5 Å². The molecule has 0 saturated heterocycles. The molecule has 0 bridgehead atoms. The summed E-state index contributed by atoms with van der Waals surface area (Å²) in [6.45, 7) is 0.644. The molecule has 0 spiro atoms. The third-order valence-electron chi connectivity index (χ3n) is 5.20. The van der Waals surface area contributed by atoms with Crippen molar-refractivity contribution in [3.05, 3.63) is 59.8 Å². The molecule has 170 valence electrons. The predicted octanol–water partition coefficient (Wildman–Crippen LogP) is 4.26. The van der Waals surface area contributed by atoms with E-state index in [1.165, 1.54) is 30.9 Å². The molecule has 0 aliphatic carbocycles. The second-order valence-electron chi connectivity index (χ2n) is 7.29. The number of nitrogens with zero attached hydrogens (tertiary/aromatic N) is 2. The number of aliphatic hydroxyl groups excluding tert-OH is 1. The van der Waals surface area contributed by atoms with Crippen molar-refractivity contribution in [2.24, 2.45) is 4.99 Å².